The number of nitrogens with zero attached hydrogens (tertiary/aromatic N) is 3. The van der Waals surface area contributed by atoms with Crippen LogP contribution in [0.2, 0.25) is 5.02 Å². The number of aromatic nitrogens is 2. The SMILES string of the molecule is COCCOc1ccc(S(=O)(=O)c2c(C)nn(C3CCC3)c2N2CCCC2C(=O)O)c(Cl)c1. The van der Waals surface area contributed by atoms with Gasteiger partial charge in [-0.25, -0.2) is 17.9 Å². The highest BCUT2D eigenvalue weighted by Gasteiger charge is 2.41. The highest BCUT2D eigenvalue weighted by atomic mass is 35.5. The normalized spacial score (nSPS) is 19.0. The number of ether oxygens (including phenoxy) is 2. The van der Waals surface area contributed by atoms with E-state index in [1.165, 1.54) is 12.1 Å². The summed E-state index contributed by atoms with van der Waals surface area (Å²) in [4.78, 5) is 13.6. The maximum Gasteiger partial charge on any atom is 0.326 e. The molecule has 1 aliphatic heterocycles. The van der Waals surface area contributed by atoms with Gasteiger partial charge in [0.25, 0.3) is 0 Å². The van der Waals surface area contributed by atoms with E-state index in [-0.39, 0.29) is 20.9 Å². The Kier molecular flexibility index (Phi) is 6.88. The van der Waals surface area contributed by atoms with Crippen molar-refractivity contribution < 1.29 is 27.8 Å². The Balaban J connectivity index is 1.79. The van der Waals surface area contributed by atoms with Gasteiger partial charge in [-0.05, 0) is 51.2 Å². The van der Waals surface area contributed by atoms with E-state index in [1.807, 2.05) is 0 Å². The second-order valence-corrected chi connectivity index (χ2v) is 10.7. The Hall–Kier alpha value is -2.30. The maximum atomic E-state index is 13.9. The highest BCUT2D eigenvalue weighted by molar-refractivity contribution is 7.91. The van der Waals surface area contributed by atoms with E-state index in [9.17, 15) is 18.3 Å². The summed E-state index contributed by atoms with van der Waals surface area (Å²) in [6.45, 7) is 2.80. The van der Waals surface area contributed by atoms with Gasteiger partial charge in [0.15, 0.2) is 0 Å². The number of carbonyl (C=O) groups is 1. The molecule has 11 heteroatoms. The van der Waals surface area contributed by atoms with Crippen LogP contribution in [0.15, 0.2) is 28.0 Å². The monoisotopic (exact) mass is 497 g/mol. The molecule has 0 radical (unpaired) electrons. The first-order chi connectivity index (χ1) is 15.8. The Morgan fingerprint density at radius 3 is 2.61 bits per heavy atom. The zero-order chi connectivity index (χ0) is 23.8. The summed E-state index contributed by atoms with van der Waals surface area (Å²) >= 11 is 6.40. The van der Waals surface area contributed by atoms with Crippen LogP contribution in [-0.2, 0) is 19.4 Å². The molecular formula is C22H28ClN3O6S. The number of carboxylic acid groups (broad SMARTS) is 1. The van der Waals surface area contributed by atoms with Gasteiger partial charge < -0.3 is 19.5 Å². The lowest BCUT2D eigenvalue weighted by Crippen LogP contribution is -2.39. The predicted molar refractivity (Wildman–Crippen MR) is 122 cm³/mol. The Morgan fingerprint density at radius 1 is 1.24 bits per heavy atom. The molecule has 1 N–H and O–H groups in total. The lowest BCUT2D eigenvalue weighted by Gasteiger charge is -2.32. The number of aliphatic carboxylic acids is 1. The molecule has 2 fully saturated rings. The van der Waals surface area contributed by atoms with Crippen molar-refractivity contribution in [2.75, 3.05) is 31.8 Å². The molecule has 4 rings (SSSR count). The number of anilines is 1. The van der Waals surface area contributed by atoms with Crippen LogP contribution in [0.1, 0.15) is 43.8 Å². The minimum Gasteiger partial charge on any atom is -0.491 e. The summed E-state index contributed by atoms with van der Waals surface area (Å²) in [6.07, 6.45) is 3.92. The fraction of sp³-hybridized carbons (Fsp3) is 0.545. The Bertz CT molecular complexity index is 1150. The molecule has 2 heterocycles. The standard InChI is InChI=1S/C22H28ClN3O6S/c1-14-20(33(29,30)19-9-8-16(13-17(19)23)32-12-11-31-2)21(26(24-14)15-5-3-6-15)25-10-4-7-18(25)22(27)28/h8-9,13,15,18H,3-7,10-12H2,1-2H3,(H,27,28). The van der Waals surface area contributed by atoms with E-state index in [0.29, 0.717) is 49.9 Å². The van der Waals surface area contributed by atoms with Crippen molar-refractivity contribution in [1.29, 1.82) is 0 Å². The Morgan fingerprint density at radius 2 is 2.00 bits per heavy atom. The van der Waals surface area contributed by atoms with Crippen molar-refractivity contribution in [3.63, 3.8) is 0 Å². The van der Waals surface area contributed by atoms with E-state index in [2.05, 4.69) is 5.10 Å². The largest absolute Gasteiger partial charge is 0.491 e. The molecule has 1 atom stereocenters. The van der Waals surface area contributed by atoms with Gasteiger partial charge >= 0.3 is 5.97 Å². The lowest BCUT2D eigenvalue weighted by atomic mass is 9.93. The molecule has 1 aromatic carbocycles. The molecule has 0 spiro atoms. The highest BCUT2D eigenvalue weighted by Crippen LogP contribution is 2.43. The summed E-state index contributed by atoms with van der Waals surface area (Å²) in [5.41, 5.74) is 0.337. The summed E-state index contributed by atoms with van der Waals surface area (Å²) in [5.74, 6) is -0.173. The van der Waals surface area contributed by atoms with Crippen LogP contribution in [0.25, 0.3) is 0 Å². The molecule has 1 aliphatic carbocycles. The number of rotatable bonds is 9. The first kappa shape index (κ1) is 23.8. The molecule has 33 heavy (non-hydrogen) atoms. The van der Waals surface area contributed by atoms with Gasteiger partial charge in [0.1, 0.15) is 29.1 Å². The molecule has 0 amide bonds. The molecule has 1 unspecified atom stereocenters. The lowest BCUT2D eigenvalue weighted by molar-refractivity contribution is -0.138. The molecule has 1 aromatic heterocycles. The minimum atomic E-state index is -4.09. The van der Waals surface area contributed by atoms with Crippen LogP contribution < -0.4 is 9.64 Å². The van der Waals surface area contributed by atoms with Gasteiger partial charge in [-0.1, -0.05) is 11.6 Å². The predicted octanol–water partition coefficient (Wildman–Crippen LogP) is 3.48. The zero-order valence-corrected chi connectivity index (χ0v) is 20.2. The van der Waals surface area contributed by atoms with Crippen LogP contribution in [0, 0.1) is 6.92 Å². The van der Waals surface area contributed by atoms with Gasteiger partial charge in [-0.2, -0.15) is 5.10 Å². The summed E-state index contributed by atoms with van der Waals surface area (Å²) in [6, 6.07) is 3.70. The number of methoxy groups -OCH3 is 1. The average Bonchev–Trinajstić information content (AvgIpc) is 3.31. The summed E-state index contributed by atoms with van der Waals surface area (Å²) in [5, 5.41) is 14.4. The molecule has 0 bridgehead atoms. The quantitative estimate of drug-likeness (QED) is 0.524. The van der Waals surface area contributed by atoms with Crippen molar-refractivity contribution >= 4 is 33.2 Å². The fourth-order valence-electron chi connectivity index (χ4n) is 4.40. The third-order valence-electron chi connectivity index (χ3n) is 6.25. The first-order valence-electron chi connectivity index (χ1n) is 11.0. The molecular weight excluding hydrogens is 470 g/mol. The van der Waals surface area contributed by atoms with E-state index in [0.717, 1.165) is 19.3 Å². The van der Waals surface area contributed by atoms with Crippen LogP contribution in [0.3, 0.4) is 0 Å². The second kappa shape index (κ2) is 9.52. The van der Waals surface area contributed by atoms with Crippen molar-refractivity contribution in [2.45, 2.75) is 60.9 Å². The second-order valence-electron chi connectivity index (χ2n) is 8.39. The van der Waals surface area contributed by atoms with E-state index in [4.69, 9.17) is 21.1 Å². The maximum absolute atomic E-state index is 13.9. The topological polar surface area (TPSA) is 111 Å². The van der Waals surface area contributed by atoms with Crippen molar-refractivity contribution in [2.24, 2.45) is 0 Å². The number of halogens is 1. The number of benzene rings is 1. The Labute approximate surface area is 198 Å². The van der Waals surface area contributed by atoms with Gasteiger partial charge in [-0.3, -0.25) is 0 Å². The molecule has 1 saturated carbocycles. The number of hydrogen-bond acceptors (Lipinski definition) is 7. The van der Waals surface area contributed by atoms with E-state index >= 15 is 0 Å². The number of sulfone groups is 1. The smallest absolute Gasteiger partial charge is 0.326 e. The first-order valence-corrected chi connectivity index (χ1v) is 12.9. The molecule has 180 valence electrons. The third-order valence-corrected chi connectivity index (χ3v) is 8.63. The third kappa shape index (κ3) is 4.43. The van der Waals surface area contributed by atoms with Gasteiger partial charge in [-0.15, -0.1) is 0 Å². The minimum absolute atomic E-state index is 0.0255. The van der Waals surface area contributed by atoms with Crippen molar-refractivity contribution in [3.05, 3.63) is 28.9 Å². The van der Waals surface area contributed by atoms with Crippen LogP contribution in [0.5, 0.6) is 5.75 Å². The average molecular weight is 498 g/mol. The molecule has 2 aromatic rings. The van der Waals surface area contributed by atoms with Crippen LogP contribution in [0.4, 0.5) is 5.82 Å². The molecule has 9 nitrogen and oxygen atoms in total. The van der Waals surface area contributed by atoms with E-state index < -0.39 is 21.8 Å². The van der Waals surface area contributed by atoms with Crippen LogP contribution in [-0.4, -0.2) is 62.2 Å². The molecule has 2 aliphatic rings. The van der Waals surface area contributed by atoms with Crippen LogP contribution >= 0.6 is 11.6 Å². The molecule has 1 saturated heterocycles. The number of aryl methyl sites for hydroxylation is 1. The summed E-state index contributed by atoms with van der Waals surface area (Å²) < 4.78 is 40.0. The number of hydrogen-bond donors (Lipinski definition) is 1. The van der Waals surface area contributed by atoms with Gasteiger partial charge in [0.05, 0.1) is 28.3 Å². The zero-order valence-electron chi connectivity index (χ0n) is 18.7. The fourth-order valence-corrected chi connectivity index (χ4v) is 6.54. The summed E-state index contributed by atoms with van der Waals surface area (Å²) in [7, 11) is -2.53. The number of carboxylic acids is 1. The van der Waals surface area contributed by atoms with Crippen molar-refractivity contribution in [1.82, 2.24) is 9.78 Å². The van der Waals surface area contributed by atoms with Gasteiger partial charge in [0, 0.05) is 19.7 Å². The van der Waals surface area contributed by atoms with Crippen molar-refractivity contribution in [3.8, 4) is 5.75 Å². The van der Waals surface area contributed by atoms with Gasteiger partial charge in [0.2, 0.25) is 9.84 Å². The van der Waals surface area contributed by atoms with E-state index in [1.54, 1.807) is 29.7 Å².